The van der Waals surface area contributed by atoms with Gasteiger partial charge in [0, 0.05) is 93.7 Å². The molecule has 1 aromatic carbocycles. The number of anilines is 3. The van der Waals surface area contributed by atoms with Crippen LogP contribution in [0.3, 0.4) is 0 Å². The summed E-state index contributed by atoms with van der Waals surface area (Å²) in [7, 11) is 0. The zero-order valence-electron chi connectivity index (χ0n) is 36.5. The van der Waals surface area contributed by atoms with Gasteiger partial charge in [-0.2, -0.15) is 15.5 Å². The van der Waals surface area contributed by atoms with Gasteiger partial charge in [-0.25, -0.2) is 18.9 Å². The summed E-state index contributed by atoms with van der Waals surface area (Å²) < 4.78 is 25.2. The van der Waals surface area contributed by atoms with E-state index in [1.807, 2.05) is 49.1 Å². The Balaban J connectivity index is 0.722. The Bertz CT molecular complexity index is 2760. The second-order valence-corrected chi connectivity index (χ2v) is 18.1. The Morgan fingerprint density at radius 2 is 1.65 bits per heavy atom. The fraction of sp³-hybridized carbons (Fsp3) is 0.417. The first kappa shape index (κ1) is 41.9. The average molecular weight is 891 g/mol. The van der Waals surface area contributed by atoms with Gasteiger partial charge < -0.3 is 19.9 Å². The maximum Gasteiger partial charge on any atom is 0.249 e. The zero-order valence-corrected chi connectivity index (χ0v) is 36.5. The first-order valence-electron chi connectivity index (χ1n) is 23.0. The van der Waals surface area contributed by atoms with E-state index in [4.69, 9.17) is 19.8 Å². The van der Waals surface area contributed by atoms with Crippen molar-refractivity contribution in [1.82, 2.24) is 49.5 Å². The number of carbonyl (C=O) groups is 2. The first-order valence-corrected chi connectivity index (χ1v) is 23.0. The molecule has 5 fully saturated rings. The number of hydrogen-bond acceptors (Lipinski definition) is 14. The molecule has 17 nitrogen and oxygen atoms in total. The quantitative estimate of drug-likeness (QED) is 0.181. The van der Waals surface area contributed by atoms with Gasteiger partial charge in [0.15, 0.2) is 0 Å². The lowest BCUT2D eigenvalue weighted by Gasteiger charge is -2.50. The molecule has 2 N–H and O–H groups in total. The second kappa shape index (κ2) is 17.9. The highest BCUT2D eigenvalue weighted by atomic mass is 19.1. The number of aromatic nitrogens is 7. The third kappa shape index (κ3) is 8.33. The Kier molecular flexibility index (Phi) is 11.3. The van der Waals surface area contributed by atoms with E-state index in [0.29, 0.717) is 59.5 Å². The van der Waals surface area contributed by atoms with Gasteiger partial charge in [-0.15, -0.1) is 0 Å². The number of pyridine rings is 2. The Hall–Kier alpha value is -6.81. The van der Waals surface area contributed by atoms with Crippen LogP contribution >= 0.6 is 0 Å². The number of nitrogens with one attached hydrogen (secondary N) is 2. The summed E-state index contributed by atoms with van der Waals surface area (Å²) in [5, 5.41) is 24.8. The number of morpholine rings is 1. The molecule has 5 aliphatic rings. The van der Waals surface area contributed by atoms with Gasteiger partial charge in [0.25, 0.3) is 0 Å². The van der Waals surface area contributed by atoms with E-state index < -0.39 is 6.04 Å². The van der Waals surface area contributed by atoms with Crippen molar-refractivity contribution in [1.29, 1.82) is 5.26 Å². The van der Waals surface area contributed by atoms with Crippen LogP contribution in [0.1, 0.15) is 55.8 Å². The summed E-state index contributed by atoms with van der Waals surface area (Å²) in [6.07, 6.45) is 15.8. The van der Waals surface area contributed by atoms with Gasteiger partial charge >= 0.3 is 0 Å². The van der Waals surface area contributed by atoms with Crippen molar-refractivity contribution in [2.45, 2.75) is 75.3 Å². The van der Waals surface area contributed by atoms with Crippen molar-refractivity contribution in [3.63, 3.8) is 0 Å². The van der Waals surface area contributed by atoms with Crippen LogP contribution in [0.15, 0.2) is 85.7 Å². The van der Waals surface area contributed by atoms with E-state index in [1.165, 1.54) is 6.07 Å². The minimum Gasteiger partial charge on any atom is -0.378 e. The molecule has 2 bridgehead atoms. The molecule has 6 aromatic rings. The van der Waals surface area contributed by atoms with Gasteiger partial charge in [-0.3, -0.25) is 34.4 Å². The number of piperazine rings is 2. The number of hydrogen-bond donors (Lipinski definition) is 2. The number of fused-ring (bicyclic) bond motifs is 3. The highest BCUT2D eigenvalue weighted by molar-refractivity contribution is 6.01. The first-order chi connectivity index (χ1) is 32.3. The fourth-order valence-corrected chi connectivity index (χ4v) is 10.6. The van der Waals surface area contributed by atoms with Gasteiger partial charge in [0.1, 0.15) is 34.8 Å². The minimum atomic E-state index is -0.559. The molecule has 9 heterocycles. The number of nitrogens with zero attached hydrogens (tertiary/aromatic N) is 12. The van der Waals surface area contributed by atoms with E-state index in [0.717, 1.165) is 94.1 Å². The number of rotatable bonds is 10. The van der Waals surface area contributed by atoms with E-state index in [2.05, 4.69) is 63.3 Å². The Morgan fingerprint density at radius 3 is 2.38 bits per heavy atom. The van der Waals surface area contributed by atoms with Gasteiger partial charge in [0.2, 0.25) is 11.8 Å². The topological polar surface area (TPSA) is 178 Å². The van der Waals surface area contributed by atoms with Crippen molar-refractivity contribution in [2.75, 3.05) is 67.6 Å². The predicted molar refractivity (Wildman–Crippen MR) is 244 cm³/mol. The van der Waals surface area contributed by atoms with Gasteiger partial charge in [-0.1, -0.05) is 6.07 Å². The van der Waals surface area contributed by atoms with Crippen LogP contribution in [-0.4, -0.2) is 133 Å². The average Bonchev–Trinajstić information content (AvgIpc) is 4.01. The second-order valence-electron chi connectivity index (χ2n) is 18.1. The normalized spacial score (nSPS) is 24.0. The van der Waals surface area contributed by atoms with Gasteiger partial charge in [-0.05, 0) is 74.6 Å². The summed E-state index contributed by atoms with van der Waals surface area (Å²) in [4.78, 5) is 47.9. The lowest BCUT2D eigenvalue weighted by Crippen LogP contribution is -2.64. The monoisotopic (exact) mass is 890 g/mol. The van der Waals surface area contributed by atoms with Crippen LogP contribution < -0.4 is 20.4 Å². The molecule has 2 amide bonds. The molecule has 0 unspecified atom stereocenters. The van der Waals surface area contributed by atoms with E-state index in [1.54, 1.807) is 22.8 Å². The van der Waals surface area contributed by atoms with Crippen molar-refractivity contribution < 1.29 is 18.7 Å². The molecular weight excluding hydrogens is 840 g/mol. The van der Waals surface area contributed by atoms with Crippen LogP contribution in [0.5, 0.6) is 0 Å². The lowest BCUT2D eigenvalue weighted by atomic mass is 9.90. The number of benzene rings is 1. The molecule has 11 rings (SSSR count). The largest absolute Gasteiger partial charge is 0.378 e. The summed E-state index contributed by atoms with van der Waals surface area (Å²) in [6, 6.07) is 18.1. The van der Waals surface area contributed by atoms with Crippen LogP contribution in [-0.2, 0) is 20.9 Å². The molecule has 4 saturated heterocycles. The summed E-state index contributed by atoms with van der Waals surface area (Å²) in [6.45, 7) is 6.89. The number of carbonyl (C=O) groups excluding carboxylic acids is 2. The summed E-state index contributed by atoms with van der Waals surface area (Å²) in [5.74, 6) is -0.0909. The van der Waals surface area contributed by atoms with Crippen molar-refractivity contribution in [3.05, 3.63) is 103 Å². The molecule has 1 aliphatic carbocycles. The van der Waals surface area contributed by atoms with Gasteiger partial charge in [0.05, 0.1) is 72.7 Å². The highest BCUT2D eigenvalue weighted by Crippen LogP contribution is 2.35. The van der Waals surface area contributed by atoms with E-state index >= 15 is 4.39 Å². The van der Waals surface area contributed by atoms with Crippen LogP contribution in [0.25, 0.3) is 28.0 Å². The minimum absolute atomic E-state index is 0.228. The predicted octanol–water partition coefficient (Wildman–Crippen LogP) is 4.67. The third-order valence-corrected chi connectivity index (χ3v) is 14.1. The Morgan fingerprint density at radius 1 is 0.833 bits per heavy atom. The SMILES string of the molecule is N#Cc1cnn2cc(-c3cnn(C4CCC(N5CCN(c6ccc(N[C@H]7CCC(=O)NC7=O)cc6F)CC5)CC4)c3)nc(-c3ccc(N4C[C@H]5COC[C@H](C4)N5Cc4ccccn4)nc3)c12. The van der Waals surface area contributed by atoms with E-state index in [9.17, 15) is 14.9 Å². The highest BCUT2D eigenvalue weighted by Gasteiger charge is 2.39. The molecule has 1 saturated carbocycles. The summed E-state index contributed by atoms with van der Waals surface area (Å²) in [5.41, 5.74) is 6.25. The summed E-state index contributed by atoms with van der Waals surface area (Å²) >= 11 is 0. The number of imide groups is 1. The molecule has 338 valence electrons. The number of halogens is 1. The molecule has 5 aromatic heterocycles. The molecular formula is C48H51FN14O3. The number of ether oxygens (including phenoxy) is 1. The maximum absolute atomic E-state index is 15.4. The van der Waals surface area contributed by atoms with Crippen molar-refractivity contribution in [3.8, 4) is 28.6 Å². The molecule has 18 heteroatoms. The van der Waals surface area contributed by atoms with Crippen LogP contribution in [0.4, 0.5) is 21.6 Å². The maximum atomic E-state index is 15.4. The number of piperidine rings is 1. The zero-order chi connectivity index (χ0) is 44.7. The number of amides is 2. The van der Waals surface area contributed by atoms with Crippen molar-refractivity contribution >= 4 is 34.5 Å². The molecule has 4 aliphatic heterocycles. The molecule has 3 atom stereocenters. The molecule has 0 radical (unpaired) electrons. The standard InChI is InChI=1S/C48H51FN14O3/c49-40-19-34(55-41-10-13-45(64)57-48(41)65)5-11-43(40)59-17-15-58(16-18-59)36-6-8-37(9-7-36)62-24-33(23-53-62)42-28-63-47(32(20-50)22-54-63)46(56-42)31-4-12-44(52-21-31)60-26-38-29-66-30-39(27-60)61(38)25-35-3-1-2-14-51-35/h1-5,11-12,14,19,21-24,28,36-39,41,55H,6-10,13,15-18,25-27,29-30H2,(H,57,64,65)/t36?,37?,38-,39-,41-/m0/s1. The molecule has 0 spiro atoms. The van der Waals surface area contributed by atoms with E-state index in [-0.39, 0.29) is 42.2 Å². The van der Waals surface area contributed by atoms with Crippen LogP contribution in [0, 0.1) is 17.1 Å². The lowest BCUT2D eigenvalue weighted by molar-refractivity contribution is -0.133. The fourth-order valence-electron chi connectivity index (χ4n) is 10.6. The smallest absolute Gasteiger partial charge is 0.249 e. The van der Waals surface area contributed by atoms with Crippen LogP contribution in [0.2, 0.25) is 0 Å². The third-order valence-electron chi connectivity index (χ3n) is 14.1. The van der Waals surface area contributed by atoms with Crippen molar-refractivity contribution in [2.24, 2.45) is 0 Å². The Labute approximate surface area is 381 Å². The molecule has 66 heavy (non-hydrogen) atoms. The number of nitriles is 1.